The lowest BCUT2D eigenvalue weighted by Crippen LogP contribution is -2.06. The Bertz CT molecular complexity index is 1100. The molecule has 0 saturated heterocycles. The third-order valence-electron chi connectivity index (χ3n) is 6.07. The number of aromatic nitrogens is 4. The highest BCUT2D eigenvalue weighted by Crippen LogP contribution is 2.26. The Morgan fingerprint density at radius 2 is 0.912 bits per heavy atom. The largest absolute Gasteiger partial charge is 0.369 e. The van der Waals surface area contributed by atoms with Crippen molar-refractivity contribution in [2.45, 2.75) is 51.6 Å². The zero-order valence-electron chi connectivity index (χ0n) is 19.1. The van der Waals surface area contributed by atoms with Crippen LogP contribution in [0.5, 0.6) is 0 Å². The Labute approximate surface area is 210 Å². The van der Waals surface area contributed by atoms with Crippen molar-refractivity contribution in [3.8, 4) is 22.5 Å². The Morgan fingerprint density at radius 3 is 1.29 bits per heavy atom. The highest BCUT2D eigenvalue weighted by molar-refractivity contribution is 6.30. The molecule has 2 aromatic carbocycles. The molecule has 0 bridgehead atoms. The lowest BCUT2D eigenvalue weighted by molar-refractivity contribution is 0.536. The molecule has 8 heteroatoms. The average Bonchev–Trinajstić information content (AvgIpc) is 3.39. The van der Waals surface area contributed by atoms with Gasteiger partial charge in [-0.1, -0.05) is 73.2 Å². The molecule has 4 rings (SSSR count). The van der Waals surface area contributed by atoms with Crippen LogP contribution in [0.4, 0.5) is 11.9 Å². The first kappa shape index (κ1) is 24.2. The molecule has 0 radical (unpaired) electrons. The Kier molecular flexibility index (Phi) is 8.14. The standard InChI is InChI=1S/C26H30Cl2N6/c27-21-11-7-19(8-12-21)23-17-31-25(29)33(23)15-5-3-1-2-4-6-16-34-24(18-32-26(34)30)20-9-13-22(28)14-10-20/h7-14,17-18H,1-6,15-16H2,(H2,29,31)(H2,30,32). The summed E-state index contributed by atoms with van der Waals surface area (Å²) in [6.07, 6.45) is 10.5. The van der Waals surface area contributed by atoms with Crippen molar-refractivity contribution in [3.63, 3.8) is 0 Å². The molecule has 0 unspecified atom stereocenters. The van der Waals surface area contributed by atoms with Crippen LogP contribution in [0.25, 0.3) is 22.5 Å². The molecule has 0 fully saturated rings. The highest BCUT2D eigenvalue weighted by atomic mass is 35.5. The van der Waals surface area contributed by atoms with Gasteiger partial charge in [0.05, 0.1) is 23.8 Å². The second-order valence-corrected chi connectivity index (χ2v) is 9.31. The van der Waals surface area contributed by atoms with E-state index in [9.17, 15) is 0 Å². The number of hydrogen-bond donors (Lipinski definition) is 2. The molecule has 2 heterocycles. The second-order valence-electron chi connectivity index (χ2n) is 8.44. The van der Waals surface area contributed by atoms with E-state index in [0.717, 1.165) is 71.3 Å². The number of nitrogens with zero attached hydrogens (tertiary/aromatic N) is 4. The van der Waals surface area contributed by atoms with Crippen molar-refractivity contribution in [2.75, 3.05) is 11.5 Å². The fraction of sp³-hybridized carbons (Fsp3) is 0.308. The summed E-state index contributed by atoms with van der Waals surface area (Å²) in [4.78, 5) is 8.61. The van der Waals surface area contributed by atoms with Gasteiger partial charge in [-0.15, -0.1) is 0 Å². The van der Waals surface area contributed by atoms with E-state index >= 15 is 0 Å². The number of rotatable bonds is 11. The smallest absolute Gasteiger partial charge is 0.200 e. The van der Waals surface area contributed by atoms with Crippen LogP contribution >= 0.6 is 23.2 Å². The van der Waals surface area contributed by atoms with Crippen LogP contribution in [0.15, 0.2) is 60.9 Å². The van der Waals surface area contributed by atoms with Crippen LogP contribution in [-0.2, 0) is 13.1 Å². The van der Waals surface area contributed by atoms with Crippen molar-refractivity contribution >= 4 is 35.1 Å². The summed E-state index contributed by atoms with van der Waals surface area (Å²) in [6.45, 7) is 1.72. The summed E-state index contributed by atoms with van der Waals surface area (Å²) in [7, 11) is 0. The minimum absolute atomic E-state index is 0.555. The Hall–Kier alpha value is -2.96. The van der Waals surface area contributed by atoms with Gasteiger partial charge >= 0.3 is 0 Å². The van der Waals surface area contributed by atoms with Crippen LogP contribution in [-0.4, -0.2) is 19.1 Å². The lowest BCUT2D eigenvalue weighted by Gasteiger charge is -2.11. The molecule has 4 N–H and O–H groups in total. The van der Waals surface area contributed by atoms with Gasteiger partial charge in [0.15, 0.2) is 0 Å². The van der Waals surface area contributed by atoms with Gasteiger partial charge in [-0.05, 0) is 48.2 Å². The third kappa shape index (κ3) is 5.93. The molecule has 2 aromatic heterocycles. The summed E-state index contributed by atoms with van der Waals surface area (Å²) >= 11 is 12.0. The predicted octanol–water partition coefficient (Wildman–Crippen LogP) is 6.93. The summed E-state index contributed by atoms with van der Waals surface area (Å²) in [5.74, 6) is 1.11. The van der Waals surface area contributed by atoms with Gasteiger partial charge in [0.2, 0.25) is 11.9 Å². The molecule has 6 nitrogen and oxygen atoms in total. The zero-order valence-corrected chi connectivity index (χ0v) is 20.6. The lowest BCUT2D eigenvalue weighted by atomic mass is 10.1. The first-order valence-electron chi connectivity index (χ1n) is 11.7. The number of anilines is 2. The van der Waals surface area contributed by atoms with E-state index in [1.807, 2.05) is 60.9 Å². The normalized spacial score (nSPS) is 11.2. The highest BCUT2D eigenvalue weighted by Gasteiger charge is 2.10. The number of halogens is 2. The van der Waals surface area contributed by atoms with E-state index in [-0.39, 0.29) is 0 Å². The summed E-state index contributed by atoms with van der Waals surface area (Å²) in [5, 5.41) is 1.44. The van der Waals surface area contributed by atoms with Gasteiger partial charge in [0.1, 0.15) is 0 Å². The Balaban J connectivity index is 1.20. The maximum Gasteiger partial charge on any atom is 0.200 e. The van der Waals surface area contributed by atoms with Gasteiger partial charge in [-0.25, -0.2) is 9.97 Å². The van der Waals surface area contributed by atoms with Crippen LogP contribution in [0.1, 0.15) is 38.5 Å². The van der Waals surface area contributed by atoms with Crippen LogP contribution < -0.4 is 11.5 Å². The topological polar surface area (TPSA) is 87.7 Å². The van der Waals surface area contributed by atoms with Gasteiger partial charge in [0.25, 0.3) is 0 Å². The molecule has 0 atom stereocenters. The molecular formula is C26H30Cl2N6. The van der Waals surface area contributed by atoms with E-state index in [1.165, 1.54) is 12.8 Å². The molecule has 0 amide bonds. The maximum atomic E-state index is 6.11. The SMILES string of the molecule is Nc1ncc(-c2ccc(Cl)cc2)n1CCCCCCCCn1c(-c2ccc(Cl)cc2)cnc1N. The molecule has 0 aliphatic carbocycles. The summed E-state index contributed by atoms with van der Waals surface area (Å²) < 4.78 is 4.17. The monoisotopic (exact) mass is 496 g/mol. The van der Waals surface area contributed by atoms with E-state index in [1.54, 1.807) is 0 Å². The van der Waals surface area contributed by atoms with E-state index in [0.29, 0.717) is 11.9 Å². The van der Waals surface area contributed by atoms with Crippen LogP contribution in [0.3, 0.4) is 0 Å². The first-order valence-corrected chi connectivity index (χ1v) is 12.4. The maximum absolute atomic E-state index is 6.11. The number of benzene rings is 2. The molecule has 34 heavy (non-hydrogen) atoms. The van der Waals surface area contributed by atoms with E-state index in [2.05, 4.69) is 19.1 Å². The number of hydrogen-bond acceptors (Lipinski definition) is 4. The van der Waals surface area contributed by atoms with Crippen molar-refractivity contribution < 1.29 is 0 Å². The van der Waals surface area contributed by atoms with Crippen molar-refractivity contribution in [3.05, 3.63) is 71.0 Å². The fourth-order valence-electron chi connectivity index (χ4n) is 4.20. The molecular weight excluding hydrogens is 467 g/mol. The van der Waals surface area contributed by atoms with Gasteiger partial charge in [0, 0.05) is 23.1 Å². The Morgan fingerprint density at radius 1 is 0.559 bits per heavy atom. The number of nitrogens with two attached hydrogens (primary N) is 2. The second kappa shape index (κ2) is 11.4. The summed E-state index contributed by atoms with van der Waals surface area (Å²) in [6, 6.07) is 15.6. The van der Waals surface area contributed by atoms with Gasteiger partial charge < -0.3 is 20.6 Å². The van der Waals surface area contributed by atoms with Gasteiger partial charge in [-0.2, -0.15) is 0 Å². The summed E-state index contributed by atoms with van der Waals surface area (Å²) in [5.41, 5.74) is 16.4. The van der Waals surface area contributed by atoms with E-state index in [4.69, 9.17) is 34.7 Å². The third-order valence-corrected chi connectivity index (χ3v) is 6.57. The number of unbranched alkanes of at least 4 members (excludes halogenated alkanes) is 5. The van der Waals surface area contributed by atoms with Crippen molar-refractivity contribution in [1.29, 1.82) is 0 Å². The molecule has 178 valence electrons. The van der Waals surface area contributed by atoms with Gasteiger partial charge in [-0.3, -0.25) is 0 Å². The van der Waals surface area contributed by atoms with Crippen molar-refractivity contribution in [2.24, 2.45) is 0 Å². The average molecular weight is 497 g/mol. The first-order chi connectivity index (χ1) is 16.5. The number of imidazole rings is 2. The number of nitrogen functional groups attached to an aromatic ring is 2. The molecule has 0 spiro atoms. The fourth-order valence-corrected chi connectivity index (χ4v) is 4.45. The zero-order chi connectivity index (χ0) is 23.9. The predicted molar refractivity (Wildman–Crippen MR) is 142 cm³/mol. The minimum Gasteiger partial charge on any atom is -0.369 e. The molecule has 0 aliphatic rings. The van der Waals surface area contributed by atoms with E-state index < -0.39 is 0 Å². The van der Waals surface area contributed by atoms with Crippen LogP contribution in [0.2, 0.25) is 10.0 Å². The molecule has 0 aliphatic heterocycles. The molecule has 0 saturated carbocycles. The van der Waals surface area contributed by atoms with Crippen molar-refractivity contribution in [1.82, 2.24) is 19.1 Å². The quantitative estimate of drug-likeness (QED) is 0.220. The molecule has 4 aromatic rings. The minimum atomic E-state index is 0.555. The van der Waals surface area contributed by atoms with Crippen LogP contribution in [0, 0.1) is 0 Å².